The third kappa shape index (κ3) is 6.85. The molecule has 2 N–H and O–H groups in total. The Bertz CT molecular complexity index is 55.0. The molecule has 0 saturated carbocycles. The van der Waals surface area contributed by atoms with Crippen LogP contribution in [0.5, 0.6) is 0 Å². The first-order valence-corrected chi connectivity index (χ1v) is 1.54. The van der Waals surface area contributed by atoms with Crippen molar-refractivity contribution in [1.82, 2.24) is 0 Å². The van der Waals surface area contributed by atoms with Gasteiger partial charge in [-0.05, 0) is 0 Å². The third-order valence-corrected chi connectivity index (χ3v) is 0.353. The van der Waals surface area contributed by atoms with Crippen LogP contribution >= 0.6 is 0 Å². The summed E-state index contributed by atoms with van der Waals surface area (Å²) in [6.07, 6.45) is 0. The molecular formula is C3H8CaO3. The molecule has 0 aliphatic carbocycles. The van der Waals surface area contributed by atoms with Crippen molar-refractivity contribution in [2.45, 2.75) is 0 Å². The summed E-state index contributed by atoms with van der Waals surface area (Å²) in [6, 6.07) is 0. The maximum atomic E-state index is 9.68. The molecule has 3 nitrogen and oxygen atoms in total. The average molecular weight is 132 g/mol. The largest absolute Gasteiger partial charge is 2.00 e. The molecule has 0 radical (unpaired) electrons. The van der Waals surface area contributed by atoms with E-state index in [2.05, 4.69) is 0 Å². The van der Waals surface area contributed by atoms with Gasteiger partial charge in [-0.2, -0.15) is 0 Å². The zero-order valence-electron chi connectivity index (χ0n) is 5.92. The van der Waals surface area contributed by atoms with Crippen LogP contribution in [0, 0.1) is 0 Å². The molecule has 0 aliphatic rings. The number of carbonyl (C=O) groups is 1. The number of aliphatic hydroxyl groups is 2. The molecule has 0 aromatic carbocycles. The summed E-state index contributed by atoms with van der Waals surface area (Å²) in [5, 5.41) is 15.7. The molecule has 0 spiro atoms. The Morgan fingerprint density at radius 1 is 1.43 bits per heavy atom. The van der Waals surface area contributed by atoms with Crippen LogP contribution in [0.15, 0.2) is 0 Å². The minimum atomic E-state index is -0.559. The van der Waals surface area contributed by atoms with Crippen LogP contribution in [0.25, 0.3) is 0 Å². The van der Waals surface area contributed by atoms with Gasteiger partial charge in [-0.3, -0.25) is 4.79 Å². The second-order valence-electron chi connectivity index (χ2n) is 0.855. The summed E-state index contributed by atoms with van der Waals surface area (Å²) in [7, 11) is 0. The summed E-state index contributed by atoms with van der Waals surface area (Å²) in [6.45, 7) is -1.12. The predicted octanol–water partition coefficient (Wildman–Crippen LogP) is -1.62. The number of rotatable bonds is 2. The van der Waals surface area contributed by atoms with Crippen molar-refractivity contribution in [1.29, 1.82) is 0 Å². The number of hydrogen-bond donors (Lipinski definition) is 2. The van der Waals surface area contributed by atoms with Crippen molar-refractivity contribution in [2.24, 2.45) is 0 Å². The van der Waals surface area contributed by atoms with Crippen molar-refractivity contribution in [3.05, 3.63) is 0 Å². The van der Waals surface area contributed by atoms with Crippen molar-refractivity contribution in [3.8, 4) is 0 Å². The zero-order valence-corrected chi connectivity index (χ0v) is 6.13. The van der Waals surface area contributed by atoms with Crippen LogP contribution in [0.2, 0.25) is 0 Å². The fourth-order valence-electron chi connectivity index (χ4n) is 0.0500. The van der Waals surface area contributed by atoms with Crippen LogP contribution in [0.1, 0.15) is 2.85 Å². The summed E-state index contributed by atoms with van der Waals surface area (Å²) in [4.78, 5) is 9.68. The van der Waals surface area contributed by atoms with E-state index in [4.69, 9.17) is 10.2 Å². The van der Waals surface area contributed by atoms with Gasteiger partial charge in [0.05, 0.1) is 0 Å². The number of ketones is 1. The van der Waals surface area contributed by atoms with Crippen LogP contribution in [0.3, 0.4) is 0 Å². The SMILES string of the molecule is O=C(CO)CO.[Ca+2].[H-].[H-]. The maximum absolute atomic E-state index is 9.68. The summed E-state index contributed by atoms with van der Waals surface area (Å²) >= 11 is 0. The van der Waals surface area contributed by atoms with Crippen molar-refractivity contribution < 1.29 is 17.9 Å². The fraction of sp³-hybridized carbons (Fsp3) is 0.667. The topological polar surface area (TPSA) is 57.5 Å². The van der Waals surface area contributed by atoms with E-state index in [0.29, 0.717) is 0 Å². The van der Waals surface area contributed by atoms with Gasteiger partial charge < -0.3 is 13.1 Å². The van der Waals surface area contributed by atoms with E-state index >= 15 is 0 Å². The summed E-state index contributed by atoms with van der Waals surface area (Å²) in [5.41, 5.74) is 0. The first-order chi connectivity index (χ1) is 2.81. The normalized spacial score (nSPS) is 7.14. The van der Waals surface area contributed by atoms with Gasteiger partial charge >= 0.3 is 37.7 Å². The van der Waals surface area contributed by atoms with Gasteiger partial charge in [0.25, 0.3) is 0 Å². The van der Waals surface area contributed by atoms with E-state index in [0.717, 1.165) is 0 Å². The van der Waals surface area contributed by atoms with E-state index in [1.165, 1.54) is 0 Å². The monoisotopic (exact) mass is 132 g/mol. The van der Waals surface area contributed by atoms with E-state index < -0.39 is 19.0 Å². The summed E-state index contributed by atoms with van der Waals surface area (Å²) in [5.74, 6) is -0.546. The zero-order chi connectivity index (χ0) is 4.99. The Morgan fingerprint density at radius 2 is 1.71 bits per heavy atom. The molecule has 0 amide bonds. The second kappa shape index (κ2) is 6.85. The van der Waals surface area contributed by atoms with Crippen LogP contribution in [0.4, 0.5) is 0 Å². The molecule has 0 fully saturated rings. The molecule has 0 atom stereocenters. The molecular weight excluding hydrogens is 124 g/mol. The van der Waals surface area contributed by atoms with Gasteiger partial charge in [0.15, 0.2) is 5.78 Å². The van der Waals surface area contributed by atoms with E-state index in [9.17, 15) is 4.79 Å². The molecule has 40 valence electrons. The van der Waals surface area contributed by atoms with Crippen molar-refractivity contribution in [2.75, 3.05) is 13.2 Å². The predicted molar refractivity (Wildman–Crippen MR) is 27.2 cm³/mol. The van der Waals surface area contributed by atoms with Gasteiger partial charge in [0, 0.05) is 0 Å². The molecule has 0 aromatic rings. The molecule has 0 unspecified atom stereocenters. The standard InChI is InChI=1S/C3H6O3.Ca.2H/c4-1-3(6)2-5;;;/h4-5H,1-2H2;;;/q;+2;2*-1. The van der Waals surface area contributed by atoms with Gasteiger partial charge in [-0.15, -0.1) is 0 Å². The van der Waals surface area contributed by atoms with Crippen molar-refractivity contribution >= 4 is 43.5 Å². The number of Topliss-reactive ketones (excluding diaryl/α,β-unsaturated/α-hetero) is 1. The molecule has 0 saturated heterocycles. The average Bonchev–Trinajstić information content (AvgIpc) is 1.65. The van der Waals surface area contributed by atoms with Crippen LogP contribution in [-0.4, -0.2) is 66.9 Å². The molecule has 0 heterocycles. The Labute approximate surface area is 74.3 Å². The quantitative estimate of drug-likeness (QED) is 0.444. The maximum Gasteiger partial charge on any atom is 2.00 e. The Balaban J connectivity index is -0.0000000417. The van der Waals surface area contributed by atoms with Gasteiger partial charge in [0.2, 0.25) is 0 Å². The summed E-state index contributed by atoms with van der Waals surface area (Å²) < 4.78 is 0. The number of carbonyl (C=O) groups excluding carboxylic acids is 1. The Kier molecular flexibility index (Phi) is 10.5. The fourth-order valence-corrected chi connectivity index (χ4v) is 0.0500. The van der Waals surface area contributed by atoms with Gasteiger partial charge in [0.1, 0.15) is 13.2 Å². The molecule has 0 bridgehead atoms. The minimum absolute atomic E-state index is 0. The Morgan fingerprint density at radius 3 is 1.71 bits per heavy atom. The first-order valence-electron chi connectivity index (χ1n) is 1.54. The second-order valence-corrected chi connectivity index (χ2v) is 0.855. The molecule has 0 aliphatic heterocycles. The minimum Gasteiger partial charge on any atom is -1.00 e. The molecule has 4 heteroatoms. The Hall–Kier alpha value is 0.850. The van der Waals surface area contributed by atoms with Gasteiger partial charge in [-0.25, -0.2) is 0 Å². The molecule has 0 aromatic heterocycles. The van der Waals surface area contributed by atoms with E-state index in [1.54, 1.807) is 0 Å². The van der Waals surface area contributed by atoms with E-state index in [-0.39, 0.29) is 40.6 Å². The van der Waals surface area contributed by atoms with E-state index in [1.807, 2.05) is 0 Å². The first kappa shape index (κ1) is 10.8. The molecule has 7 heavy (non-hydrogen) atoms. The van der Waals surface area contributed by atoms with Crippen molar-refractivity contribution in [3.63, 3.8) is 0 Å². The smallest absolute Gasteiger partial charge is 1.00 e. The molecule has 0 rings (SSSR count). The number of aliphatic hydroxyl groups excluding tert-OH is 2. The third-order valence-electron chi connectivity index (χ3n) is 0.353. The number of hydrogen-bond acceptors (Lipinski definition) is 3. The van der Waals surface area contributed by atoms with Gasteiger partial charge in [-0.1, -0.05) is 0 Å². The van der Waals surface area contributed by atoms with Crippen LogP contribution in [-0.2, 0) is 4.79 Å². The van der Waals surface area contributed by atoms with Crippen LogP contribution < -0.4 is 0 Å².